The highest BCUT2D eigenvalue weighted by atomic mass is 16.2. The first-order valence-corrected chi connectivity index (χ1v) is 6.28. The molecule has 1 aliphatic rings. The fourth-order valence-electron chi connectivity index (χ4n) is 2.07. The summed E-state index contributed by atoms with van der Waals surface area (Å²) in [5, 5.41) is 3.17. The molecule has 0 saturated carbocycles. The molecule has 4 nitrogen and oxygen atoms in total. The number of carbonyl (C=O) groups excluding carboxylic acids is 2. The summed E-state index contributed by atoms with van der Waals surface area (Å²) in [6.45, 7) is 9.94. The van der Waals surface area contributed by atoms with Gasteiger partial charge in [-0.15, -0.1) is 6.58 Å². The highest BCUT2D eigenvalue weighted by Gasteiger charge is 2.40. The predicted molar refractivity (Wildman–Crippen MR) is 67.4 cm³/mol. The van der Waals surface area contributed by atoms with Crippen LogP contribution in [-0.4, -0.2) is 35.3 Å². The third kappa shape index (κ3) is 2.75. The van der Waals surface area contributed by atoms with E-state index in [4.69, 9.17) is 0 Å². The maximum atomic E-state index is 12.2. The smallest absolute Gasteiger partial charge is 0.246 e. The summed E-state index contributed by atoms with van der Waals surface area (Å²) < 4.78 is 0. The SMILES string of the molecule is C=CCN1C(=O)C(CC)N[C@@H](C(C)CC)C1=O. The zero-order chi connectivity index (χ0) is 13.0. The van der Waals surface area contributed by atoms with Crippen LogP contribution in [0.2, 0.25) is 0 Å². The topological polar surface area (TPSA) is 49.4 Å². The van der Waals surface area contributed by atoms with E-state index >= 15 is 0 Å². The Morgan fingerprint density at radius 1 is 1.41 bits per heavy atom. The fourth-order valence-corrected chi connectivity index (χ4v) is 2.07. The molecule has 0 aliphatic carbocycles. The van der Waals surface area contributed by atoms with E-state index in [1.54, 1.807) is 6.08 Å². The van der Waals surface area contributed by atoms with Gasteiger partial charge in [-0.3, -0.25) is 19.8 Å². The van der Waals surface area contributed by atoms with Crippen molar-refractivity contribution in [3.8, 4) is 0 Å². The monoisotopic (exact) mass is 238 g/mol. The van der Waals surface area contributed by atoms with Gasteiger partial charge < -0.3 is 0 Å². The van der Waals surface area contributed by atoms with Crippen molar-refractivity contribution >= 4 is 11.8 Å². The first kappa shape index (κ1) is 13.9. The van der Waals surface area contributed by atoms with Crippen molar-refractivity contribution in [2.75, 3.05) is 6.54 Å². The van der Waals surface area contributed by atoms with Crippen LogP contribution >= 0.6 is 0 Å². The number of amides is 2. The van der Waals surface area contributed by atoms with Gasteiger partial charge in [0.1, 0.15) is 0 Å². The number of rotatable bonds is 5. The summed E-state index contributed by atoms with van der Waals surface area (Å²) >= 11 is 0. The predicted octanol–water partition coefficient (Wildman–Crippen LogP) is 1.32. The van der Waals surface area contributed by atoms with Crippen molar-refractivity contribution in [1.29, 1.82) is 0 Å². The molecule has 0 aromatic rings. The summed E-state index contributed by atoms with van der Waals surface area (Å²) in [7, 11) is 0. The zero-order valence-corrected chi connectivity index (χ0v) is 10.9. The van der Waals surface area contributed by atoms with Gasteiger partial charge in [-0.05, 0) is 12.3 Å². The normalized spacial score (nSPS) is 27.1. The largest absolute Gasteiger partial charge is 0.294 e. The molecule has 1 N–H and O–H groups in total. The van der Waals surface area contributed by atoms with Gasteiger partial charge in [0.2, 0.25) is 11.8 Å². The number of nitrogens with zero attached hydrogens (tertiary/aromatic N) is 1. The molecule has 0 aromatic carbocycles. The second kappa shape index (κ2) is 5.96. The average molecular weight is 238 g/mol. The second-order valence-corrected chi connectivity index (χ2v) is 4.57. The lowest BCUT2D eigenvalue weighted by Gasteiger charge is -2.38. The van der Waals surface area contributed by atoms with Gasteiger partial charge in [0, 0.05) is 6.54 Å². The lowest BCUT2D eigenvalue weighted by molar-refractivity contribution is -0.152. The average Bonchev–Trinajstić information content (AvgIpc) is 2.34. The van der Waals surface area contributed by atoms with Gasteiger partial charge >= 0.3 is 0 Å². The number of hydrogen-bond acceptors (Lipinski definition) is 3. The first-order chi connectivity index (χ1) is 8.06. The summed E-state index contributed by atoms with van der Waals surface area (Å²) in [5.74, 6) is -0.0112. The molecular formula is C13H22N2O2. The van der Waals surface area contributed by atoms with Crippen LogP contribution in [0.1, 0.15) is 33.6 Å². The molecule has 2 unspecified atom stereocenters. The number of nitrogens with one attached hydrogen (secondary N) is 1. The molecule has 3 atom stereocenters. The standard InChI is InChI=1S/C13H22N2O2/c1-5-8-15-12(16)10(7-3)14-11(13(15)17)9(4)6-2/h5,9-11,14H,1,6-8H2,2-4H3/t9?,10?,11-/m0/s1. The van der Waals surface area contributed by atoms with E-state index in [0.717, 1.165) is 6.42 Å². The summed E-state index contributed by atoms with van der Waals surface area (Å²) in [6, 6.07) is -0.491. The molecule has 4 heteroatoms. The third-order valence-electron chi connectivity index (χ3n) is 3.41. The molecular weight excluding hydrogens is 216 g/mol. The van der Waals surface area contributed by atoms with Crippen molar-refractivity contribution in [3.05, 3.63) is 12.7 Å². The number of carbonyl (C=O) groups is 2. The fraction of sp³-hybridized carbons (Fsp3) is 0.692. The minimum absolute atomic E-state index is 0.117. The van der Waals surface area contributed by atoms with E-state index < -0.39 is 0 Å². The van der Waals surface area contributed by atoms with E-state index in [-0.39, 0.29) is 29.8 Å². The molecule has 1 rings (SSSR count). The van der Waals surface area contributed by atoms with Gasteiger partial charge in [0.05, 0.1) is 12.1 Å². The van der Waals surface area contributed by atoms with Gasteiger partial charge in [-0.2, -0.15) is 0 Å². The van der Waals surface area contributed by atoms with Gasteiger partial charge in [0.25, 0.3) is 0 Å². The van der Waals surface area contributed by atoms with Crippen molar-refractivity contribution in [1.82, 2.24) is 10.2 Å². The summed E-state index contributed by atoms with van der Waals surface area (Å²) in [5.41, 5.74) is 0. The van der Waals surface area contributed by atoms with E-state index in [1.807, 2.05) is 13.8 Å². The van der Waals surface area contributed by atoms with Crippen molar-refractivity contribution in [2.45, 2.75) is 45.7 Å². The number of imide groups is 1. The highest BCUT2D eigenvalue weighted by molar-refractivity contribution is 6.03. The Hall–Kier alpha value is -1.16. The summed E-state index contributed by atoms with van der Waals surface area (Å²) in [6.07, 6.45) is 3.21. The Labute approximate surface area is 103 Å². The van der Waals surface area contributed by atoms with E-state index in [2.05, 4.69) is 18.8 Å². The molecule has 1 saturated heterocycles. The number of hydrogen-bond donors (Lipinski definition) is 1. The molecule has 2 amide bonds. The Morgan fingerprint density at radius 2 is 2.06 bits per heavy atom. The van der Waals surface area contributed by atoms with Crippen LogP contribution in [-0.2, 0) is 9.59 Å². The Morgan fingerprint density at radius 3 is 2.53 bits per heavy atom. The maximum absolute atomic E-state index is 12.2. The highest BCUT2D eigenvalue weighted by Crippen LogP contribution is 2.18. The summed E-state index contributed by atoms with van der Waals surface area (Å²) in [4.78, 5) is 25.5. The van der Waals surface area contributed by atoms with Gasteiger partial charge in [0.15, 0.2) is 0 Å². The lowest BCUT2D eigenvalue weighted by atomic mass is 9.93. The van der Waals surface area contributed by atoms with E-state index in [9.17, 15) is 9.59 Å². The van der Waals surface area contributed by atoms with Crippen LogP contribution in [0.25, 0.3) is 0 Å². The van der Waals surface area contributed by atoms with Crippen molar-refractivity contribution in [2.24, 2.45) is 5.92 Å². The Balaban J connectivity index is 2.92. The van der Waals surface area contributed by atoms with Crippen LogP contribution in [0.15, 0.2) is 12.7 Å². The van der Waals surface area contributed by atoms with Crippen LogP contribution < -0.4 is 5.32 Å². The molecule has 1 aliphatic heterocycles. The molecule has 1 fully saturated rings. The van der Waals surface area contributed by atoms with Crippen LogP contribution in [0.4, 0.5) is 0 Å². The van der Waals surface area contributed by atoms with Crippen LogP contribution in [0, 0.1) is 5.92 Å². The molecule has 96 valence electrons. The van der Waals surface area contributed by atoms with Crippen molar-refractivity contribution < 1.29 is 9.59 Å². The Bertz CT molecular complexity index is 315. The van der Waals surface area contributed by atoms with Crippen LogP contribution in [0.3, 0.4) is 0 Å². The molecule has 0 spiro atoms. The quantitative estimate of drug-likeness (QED) is 0.580. The maximum Gasteiger partial charge on any atom is 0.246 e. The van der Waals surface area contributed by atoms with E-state index in [0.29, 0.717) is 13.0 Å². The van der Waals surface area contributed by atoms with Crippen molar-refractivity contribution in [3.63, 3.8) is 0 Å². The first-order valence-electron chi connectivity index (χ1n) is 6.28. The minimum Gasteiger partial charge on any atom is -0.294 e. The molecule has 17 heavy (non-hydrogen) atoms. The number of piperazine rings is 1. The lowest BCUT2D eigenvalue weighted by Crippen LogP contribution is -2.64. The molecule has 1 heterocycles. The van der Waals surface area contributed by atoms with E-state index in [1.165, 1.54) is 4.90 Å². The minimum atomic E-state index is -0.248. The van der Waals surface area contributed by atoms with Gasteiger partial charge in [-0.25, -0.2) is 0 Å². The Kier molecular flexibility index (Phi) is 4.87. The van der Waals surface area contributed by atoms with Gasteiger partial charge in [-0.1, -0.05) is 33.3 Å². The molecule has 0 aromatic heterocycles. The third-order valence-corrected chi connectivity index (χ3v) is 3.41. The molecule has 0 radical (unpaired) electrons. The zero-order valence-electron chi connectivity index (χ0n) is 10.9. The van der Waals surface area contributed by atoms with Crippen LogP contribution in [0.5, 0.6) is 0 Å². The second-order valence-electron chi connectivity index (χ2n) is 4.57. The molecule has 0 bridgehead atoms.